The second-order valence-corrected chi connectivity index (χ2v) is 11.5. The molecule has 2 aromatic rings. The molecular weight excluding hydrogens is 529 g/mol. The molecule has 3 heterocycles. The summed E-state index contributed by atoms with van der Waals surface area (Å²) in [5.74, 6) is -0.400. The topological polar surface area (TPSA) is 127 Å². The van der Waals surface area contributed by atoms with Crippen molar-refractivity contribution < 1.29 is 32.1 Å². The molecule has 0 radical (unpaired) electrons. The molecule has 0 spiro atoms. The summed E-state index contributed by atoms with van der Waals surface area (Å²) in [7, 11) is -1.92. The van der Waals surface area contributed by atoms with Crippen LogP contribution in [-0.2, 0) is 20.5 Å². The molecule has 0 bridgehead atoms. The maximum Gasteiger partial charge on any atom is 0.350 e. The van der Waals surface area contributed by atoms with Gasteiger partial charge in [0.15, 0.2) is 11.6 Å². The fourth-order valence-corrected chi connectivity index (χ4v) is 6.64. The van der Waals surface area contributed by atoms with Crippen molar-refractivity contribution in [3.05, 3.63) is 46.3 Å². The lowest BCUT2D eigenvalue weighted by molar-refractivity contribution is -0.149. The Morgan fingerprint density at radius 2 is 2.16 bits per heavy atom. The molecule has 14 heteroatoms. The monoisotopic (exact) mass is 558 g/mol. The Morgan fingerprint density at radius 1 is 1.38 bits per heavy atom. The number of aromatic nitrogens is 2. The largest absolute Gasteiger partial charge is 0.490 e. The highest BCUT2D eigenvalue weighted by Gasteiger charge is 2.38. The summed E-state index contributed by atoms with van der Waals surface area (Å²) in [6.45, 7) is 5.50. The minimum absolute atomic E-state index is 0.0659. The van der Waals surface area contributed by atoms with Crippen LogP contribution in [0.25, 0.3) is 0 Å². The quantitative estimate of drug-likeness (QED) is 0.331. The van der Waals surface area contributed by atoms with Crippen LogP contribution >= 0.6 is 20.3 Å². The number of ether oxygens (including phenoxy) is 2. The summed E-state index contributed by atoms with van der Waals surface area (Å²) in [6.07, 6.45) is 0.417. The number of halogens is 2. The lowest BCUT2D eigenvalue weighted by Crippen LogP contribution is -2.35. The lowest BCUT2D eigenvalue weighted by atomic mass is 10.1. The first-order valence-corrected chi connectivity index (χ1v) is 13.9. The van der Waals surface area contributed by atoms with E-state index < -0.39 is 43.6 Å². The molecular formula is C23H29F2N4O6PS. The molecule has 1 fully saturated rings. The number of nitrogen functional groups attached to an aromatic ring is 1. The molecule has 0 amide bonds. The highest BCUT2D eigenvalue weighted by Crippen LogP contribution is 2.47. The van der Waals surface area contributed by atoms with Crippen molar-refractivity contribution in [1.29, 1.82) is 0 Å². The lowest BCUT2D eigenvalue weighted by Gasteiger charge is -2.24. The number of nitrogens with two attached hydrogens (primary N) is 1. The number of fused-ring (bicyclic) bond motifs is 1. The Balaban J connectivity index is 1.46. The van der Waals surface area contributed by atoms with Crippen LogP contribution in [0.1, 0.15) is 38.1 Å². The van der Waals surface area contributed by atoms with Gasteiger partial charge < -0.3 is 24.3 Å². The minimum atomic E-state index is -1.92. The second-order valence-electron chi connectivity index (χ2n) is 8.87. The number of hydrogen-bond acceptors (Lipinski definition) is 10. The number of esters is 1. The van der Waals surface area contributed by atoms with Gasteiger partial charge in [-0.3, -0.25) is 9.36 Å². The van der Waals surface area contributed by atoms with Crippen molar-refractivity contribution in [2.75, 3.05) is 18.9 Å². The van der Waals surface area contributed by atoms with Crippen molar-refractivity contribution in [3.63, 3.8) is 0 Å². The number of alkyl halides is 1. The molecule has 1 saturated heterocycles. The molecule has 5 unspecified atom stereocenters. The summed E-state index contributed by atoms with van der Waals surface area (Å²) < 4.78 is 52.9. The number of nitrogens with one attached hydrogen (secondary N) is 1. The van der Waals surface area contributed by atoms with E-state index in [1.807, 2.05) is 0 Å². The highest BCUT2D eigenvalue weighted by molar-refractivity contribution is 8.00. The zero-order valence-corrected chi connectivity index (χ0v) is 22.3. The summed E-state index contributed by atoms with van der Waals surface area (Å²) in [5.41, 5.74) is 5.48. The first-order chi connectivity index (χ1) is 17.6. The van der Waals surface area contributed by atoms with E-state index >= 15 is 0 Å². The standard InChI is InChI=1S/C23H29F2N4O6PS/c1-12(2)34-22(30)13(3)28-36(35-18-5-4-16(24)20-15(18)7-9-32-20)33-11-14-10-17(25)21(37-14)29-8-6-19(26)27-23(29)31/h4-6,8,12-14,17,21,28H,7,9-11H2,1-3H3,(H2,26,27,31). The fraction of sp³-hybridized carbons (Fsp3) is 0.522. The van der Waals surface area contributed by atoms with Crippen molar-refractivity contribution in [2.24, 2.45) is 0 Å². The zero-order chi connectivity index (χ0) is 26.7. The van der Waals surface area contributed by atoms with Crippen LogP contribution in [0.15, 0.2) is 29.2 Å². The normalized spacial score (nSPS) is 22.4. The van der Waals surface area contributed by atoms with Crippen LogP contribution in [0.3, 0.4) is 0 Å². The maximum atomic E-state index is 14.9. The van der Waals surface area contributed by atoms with Crippen LogP contribution in [0.2, 0.25) is 0 Å². The third-order valence-corrected chi connectivity index (χ3v) is 8.45. The van der Waals surface area contributed by atoms with Gasteiger partial charge in [0.1, 0.15) is 29.2 Å². The van der Waals surface area contributed by atoms with Gasteiger partial charge in [0.05, 0.1) is 19.3 Å². The molecule has 2 aliphatic heterocycles. The van der Waals surface area contributed by atoms with Crippen LogP contribution in [0.5, 0.6) is 11.5 Å². The Morgan fingerprint density at radius 3 is 2.89 bits per heavy atom. The Labute approximate surface area is 218 Å². The summed E-state index contributed by atoms with van der Waals surface area (Å²) in [6, 6.07) is 3.40. The molecule has 5 atom stereocenters. The van der Waals surface area contributed by atoms with E-state index in [4.69, 9.17) is 24.3 Å². The van der Waals surface area contributed by atoms with Gasteiger partial charge in [0.2, 0.25) is 0 Å². The molecule has 1 aromatic heterocycles. The molecule has 202 valence electrons. The van der Waals surface area contributed by atoms with Gasteiger partial charge in [-0.25, -0.2) is 18.7 Å². The predicted molar refractivity (Wildman–Crippen MR) is 136 cm³/mol. The first kappa shape index (κ1) is 27.6. The van der Waals surface area contributed by atoms with E-state index in [1.165, 1.54) is 40.7 Å². The van der Waals surface area contributed by atoms with E-state index in [-0.39, 0.29) is 35.9 Å². The number of carbonyl (C=O) groups is 1. The van der Waals surface area contributed by atoms with Crippen LogP contribution in [0, 0.1) is 5.82 Å². The van der Waals surface area contributed by atoms with Gasteiger partial charge in [-0.2, -0.15) is 4.98 Å². The zero-order valence-electron chi connectivity index (χ0n) is 20.6. The van der Waals surface area contributed by atoms with Gasteiger partial charge in [-0.1, -0.05) is 0 Å². The first-order valence-electron chi connectivity index (χ1n) is 11.8. The summed E-state index contributed by atoms with van der Waals surface area (Å²) in [5, 5.41) is 1.92. The number of hydrogen-bond donors (Lipinski definition) is 2. The maximum absolute atomic E-state index is 14.9. The van der Waals surface area contributed by atoms with Crippen molar-refractivity contribution in [1.82, 2.24) is 14.6 Å². The minimum Gasteiger partial charge on any atom is -0.490 e. The molecule has 0 saturated carbocycles. The Kier molecular flexibility index (Phi) is 8.89. The third-order valence-electron chi connectivity index (χ3n) is 5.59. The van der Waals surface area contributed by atoms with E-state index in [2.05, 4.69) is 10.1 Å². The number of benzene rings is 1. The van der Waals surface area contributed by atoms with E-state index in [0.29, 0.717) is 24.3 Å². The van der Waals surface area contributed by atoms with E-state index in [1.54, 1.807) is 20.8 Å². The number of rotatable bonds is 10. The Hall–Kier alpha value is -2.47. The van der Waals surface area contributed by atoms with Crippen molar-refractivity contribution >= 4 is 32.1 Å². The molecule has 4 rings (SSSR count). The predicted octanol–water partition coefficient (Wildman–Crippen LogP) is 3.49. The van der Waals surface area contributed by atoms with E-state index in [9.17, 15) is 18.4 Å². The number of anilines is 1. The fourth-order valence-electron chi connectivity index (χ4n) is 3.86. The summed E-state index contributed by atoms with van der Waals surface area (Å²) in [4.78, 5) is 28.2. The molecule has 3 N–H and O–H groups in total. The van der Waals surface area contributed by atoms with Gasteiger partial charge in [-0.15, -0.1) is 11.8 Å². The molecule has 37 heavy (non-hydrogen) atoms. The van der Waals surface area contributed by atoms with Crippen LogP contribution in [0.4, 0.5) is 14.6 Å². The average molecular weight is 559 g/mol. The van der Waals surface area contributed by atoms with Gasteiger partial charge in [0, 0.05) is 23.4 Å². The van der Waals surface area contributed by atoms with Gasteiger partial charge in [0.25, 0.3) is 0 Å². The SMILES string of the molecule is CC(C)OC(=O)C(C)NP(OCC1CC(F)C(n2ccc(N)nc2=O)S1)Oc1ccc(F)c2c1CCO2. The number of thioether (sulfide) groups is 1. The molecule has 10 nitrogen and oxygen atoms in total. The van der Waals surface area contributed by atoms with Crippen molar-refractivity contribution in [3.8, 4) is 11.5 Å². The van der Waals surface area contributed by atoms with E-state index in [0.717, 1.165) is 0 Å². The van der Waals surface area contributed by atoms with Crippen LogP contribution in [-0.4, -0.2) is 52.3 Å². The average Bonchev–Trinajstić information content (AvgIpc) is 3.46. The summed E-state index contributed by atoms with van der Waals surface area (Å²) >= 11 is 1.24. The molecule has 1 aromatic carbocycles. The Bertz CT molecular complexity index is 1190. The second kappa shape index (κ2) is 11.9. The van der Waals surface area contributed by atoms with Gasteiger partial charge >= 0.3 is 20.2 Å². The van der Waals surface area contributed by atoms with Crippen LogP contribution < -0.4 is 25.8 Å². The van der Waals surface area contributed by atoms with Crippen molar-refractivity contribution in [2.45, 2.75) is 62.6 Å². The number of nitrogens with zero attached hydrogens (tertiary/aromatic N) is 2. The third kappa shape index (κ3) is 6.70. The van der Waals surface area contributed by atoms with Gasteiger partial charge in [-0.05, 0) is 45.4 Å². The smallest absolute Gasteiger partial charge is 0.350 e. The highest BCUT2D eigenvalue weighted by atomic mass is 32.2. The molecule has 2 aliphatic rings. The number of carbonyl (C=O) groups excluding carboxylic acids is 1. The molecule has 0 aliphatic carbocycles.